The quantitative estimate of drug-likeness (QED) is 0.764. The van der Waals surface area contributed by atoms with Crippen LogP contribution in [-0.4, -0.2) is 51.3 Å². The molecule has 6 nitrogen and oxygen atoms in total. The van der Waals surface area contributed by atoms with Gasteiger partial charge in [-0.1, -0.05) is 5.10 Å². The Morgan fingerprint density at radius 3 is 2.60 bits per heavy atom. The van der Waals surface area contributed by atoms with Crippen molar-refractivity contribution in [3.05, 3.63) is 0 Å². The number of tetrazole rings is 1. The van der Waals surface area contributed by atoms with E-state index >= 15 is 0 Å². The van der Waals surface area contributed by atoms with Crippen LogP contribution in [0.3, 0.4) is 0 Å². The van der Waals surface area contributed by atoms with Gasteiger partial charge in [0, 0.05) is 19.1 Å². The molecule has 0 spiro atoms. The zero-order chi connectivity index (χ0) is 10.9. The fraction of sp³-hybridized carbons (Fsp3) is 0.889. The van der Waals surface area contributed by atoms with Crippen LogP contribution < -0.4 is 5.32 Å². The van der Waals surface area contributed by atoms with Crippen molar-refractivity contribution in [1.82, 2.24) is 25.1 Å². The molecule has 84 valence electrons. The lowest BCUT2D eigenvalue weighted by atomic mass is 9.75. The molecule has 0 aromatic carbocycles. The number of hydrogen-bond donors (Lipinski definition) is 1. The number of likely N-dealkylation sites (N-methyl/N-ethyl adjacent to an activating group) is 1. The zero-order valence-corrected chi connectivity index (χ0v) is 9.56. The van der Waals surface area contributed by atoms with Gasteiger partial charge in [0.15, 0.2) is 0 Å². The average Bonchev–Trinajstić information content (AvgIpc) is 2.49. The summed E-state index contributed by atoms with van der Waals surface area (Å²) in [6.07, 6.45) is 3.81. The number of aryl methyl sites for hydroxylation is 1. The first-order valence-electron chi connectivity index (χ1n) is 5.28. The Morgan fingerprint density at radius 2 is 2.20 bits per heavy atom. The van der Waals surface area contributed by atoms with Gasteiger partial charge in [0.25, 0.3) is 0 Å². The van der Waals surface area contributed by atoms with E-state index in [4.69, 9.17) is 0 Å². The second-order valence-corrected chi connectivity index (χ2v) is 4.45. The molecule has 0 unspecified atom stereocenters. The monoisotopic (exact) mass is 210 g/mol. The molecule has 1 saturated carbocycles. The molecule has 1 aromatic heterocycles. The molecular weight excluding hydrogens is 192 g/mol. The summed E-state index contributed by atoms with van der Waals surface area (Å²) in [6, 6.07) is 0. The highest BCUT2D eigenvalue weighted by atomic mass is 15.6. The second kappa shape index (κ2) is 3.77. The highest BCUT2D eigenvalue weighted by Gasteiger charge is 2.38. The van der Waals surface area contributed by atoms with Crippen LogP contribution in [0.1, 0.15) is 19.3 Å². The third-order valence-corrected chi connectivity index (χ3v) is 3.43. The van der Waals surface area contributed by atoms with Crippen molar-refractivity contribution in [1.29, 1.82) is 0 Å². The van der Waals surface area contributed by atoms with E-state index in [-0.39, 0.29) is 0 Å². The number of nitrogens with one attached hydrogen (secondary N) is 1. The van der Waals surface area contributed by atoms with E-state index in [9.17, 15) is 0 Å². The van der Waals surface area contributed by atoms with E-state index < -0.39 is 0 Å². The molecule has 15 heavy (non-hydrogen) atoms. The molecule has 1 N–H and O–H groups in total. The molecule has 0 amide bonds. The Labute approximate surface area is 89.6 Å². The van der Waals surface area contributed by atoms with Crippen molar-refractivity contribution in [2.75, 3.05) is 26.0 Å². The Balaban J connectivity index is 1.95. The summed E-state index contributed by atoms with van der Waals surface area (Å²) in [5, 5.41) is 14.6. The van der Waals surface area contributed by atoms with Crippen molar-refractivity contribution in [3.8, 4) is 0 Å². The fourth-order valence-electron chi connectivity index (χ4n) is 1.99. The Hall–Kier alpha value is -1.17. The number of anilines is 1. The maximum Gasteiger partial charge on any atom is 0.242 e. The molecular formula is C9H18N6. The highest BCUT2D eigenvalue weighted by Crippen LogP contribution is 2.35. The summed E-state index contributed by atoms with van der Waals surface area (Å²) < 4.78 is 1.65. The Morgan fingerprint density at radius 1 is 1.47 bits per heavy atom. The summed E-state index contributed by atoms with van der Waals surface area (Å²) in [7, 11) is 6.11. The van der Waals surface area contributed by atoms with E-state index in [1.807, 2.05) is 7.05 Å². The Kier molecular flexibility index (Phi) is 2.60. The van der Waals surface area contributed by atoms with Gasteiger partial charge in [0.1, 0.15) is 0 Å². The maximum absolute atomic E-state index is 3.91. The van der Waals surface area contributed by atoms with Crippen LogP contribution >= 0.6 is 0 Å². The van der Waals surface area contributed by atoms with Crippen LogP contribution in [0.25, 0.3) is 0 Å². The average molecular weight is 210 g/mol. The third-order valence-electron chi connectivity index (χ3n) is 3.43. The first kappa shape index (κ1) is 10.4. The lowest BCUT2D eigenvalue weighted by molar-refractivity contribution is 0.0736. The largest absolute Gasteiger partial charge is 0.351 e. The molecule has 2 rings (SSSR count). The van der Waals surface area contributed by atoms with Crippen LogP contribution in [0.5, 0.6) is 0 Å². The van der Waals surface area contributed by atoms with Gasteiger partial charge in [0.2, 0.25) is 5.95 Å². The second-order valence-electron chi connectivity index (χ2n) is 4.45. The molecule has 1 aliphatic carbocycles. The minimum atomic E-state index is 0.298. The number of aromatic nitrogens is 4. The SMILES string of the molecule is CN(C)C1(CNc2nnnn2C)CCC1. The van der Waals surface area contributed by atoms with Crippen LogP contribution in [0, 0.1) is 0 Å². The molecule has 0 bridgehead atoms. The summed E-state index contributed by atoms with van der Waals surface area (Å²) in [6.45, 7) is 0.911. The molecule has 1 aliphatic rings. The van der Waals surface area contributed by atoms with Crippen LogP contribution in [0.15, 0.2) is 0 Å². The minimum absolute atomic E-state index is 0.298. The Bertz CT molecular complexity index is 327. The van der Waals surface area contributed by atoms with Gasteiger partial charge in [-0.15, -0.1) is 0 Å². The summed E-state index contributed by atoms with van der Waals surface area (Å²) in [4.78, 5) is 2.30. The van der Waals surface area contributed by atoms with E-state index in [0.717, 1.165) is 12.5 Å². The van der Waals surface area contributed by atoms with Gasteiger partial charge >= 0.3 is 0 Å². The van der Waals surface area contributed by atoms with E-state index in [2.05, 4.69) is 39.8 Å². The van der Waals surface area contributed by atoms with Crippen molar-refractivity contribution in [3.63, 3.8) is 0 Å². The fourth-order valence-corrected chi connectivity index (χ4v) is 1.99. The molecule has 0 saturated heterocycles. The maximum atomic E-state index is 3.91. The molecule has 0 aliphatic heterocycles. The predicted octanol–water partition coefficient (Wildman–Crippen LogP) is 0.106. The molecule has 1 heterocycles. The minimum Gasteiger partial charge on any atom is -0.351 e. The van der Waals surface area contributed by atoms with Crippen LogP contribution in [-0.2, 0) is 7.05 Å². The van der Waals surface area contributed by atoms with Gasteiger partial charge < -0.3 is 10.2 Å². The van der Waals surface area contributed by atoms with Gasteiger partial charge in [-0.05, 0) is 43.8 Å². The van der Waals surface area contributed by atoms with E-state index in [1.54, 1.807) is 4.68 Å². The van der Waals surface area contributed by atoms with E-state index in [1.165, 1.54) is 19.3 Å². The molecule has 1 aromatic rings. The van der Waals surface area contributed by atoms with Crippen molar-refractivity contribution >= 4 is 5.95 Å². The smallest absolute Gasteiger partial charge is 0.242 e. The van der Waals surface area contributed by atoms with Crippen molar-refractivity contribution < 1.29 is 0 Å². The topological polar surface area (TPSA) is 58.9 Å². The van der Waals surface area contributed by atoms with Crippen molar-refractivity contribution in [2.24, 2.45) is 7.05 Å². The molecule has 6 heteroatoms. The summed E-state index contributed by atoms with van der Waals surface area (Å²) in [5.41, 5.74) is 0.298. The molecule has 1 fully saturated rings. The van der Waals surface area contributed by atoms with Gasteiger partial charge in [-0.25, -0.2) is 4.68 Å². The van der Waals surface area contributed by atoms with E-state index in [0.29, 0.717) is 5.54 Å². The van der Waals surface area contributed by atoms with Crippen LogP contribution in [0.4, 0.5) is 5.95 Å². The normalized spacial score (nSPS) is 18.9. The van der Waals surface area contributed by atoms with Crippen molar-refractivity contribution in [2.45, 2.75) is 24.8 Å². The third kappa shape index (κ3) is 1.81. The lowest BCUT2D eigenvalue weighted by Crippen LogP contribution is -2.54. The first-order valence-corrected chi connectivity index (χ1v) is 5.28. The van der Waals surface area contributed by atoms with Crippen LogP contribution in [0.2, 0.25) is 0 Å². The lowest BCUT2D eigenvalue weighted by Gasteiger charge is -2.47. The number of rotatable bonds is 4. The highest BCUT2D eigenvalue weighted by molar-refractivity contribution is 5.23. The predicted molar refractivity (Wildman–Crippen MR) is 57.6 cm³/mol. The number of nitrogens with zero attached hydrogens (tertiary/aromatic N) is 5. The number of hydrogen-bond acceptors (Lipinski definition) is 5. The standard InChI is InChI=1S/C9H18N6/c1-14(2)9(5-4-6-9)7-10-8-11-12-13-15(8)3/h4-7H2,1-3H3,(H,10,11,13). The zero-order valence-electron chi connectivity index (χ0n) is 9.56. The molecule has 0 atom stereocenters. The first-order chi connectivity index (χ1) is 7.14. The molecule has 0 radical (unpaired) electrons. The summed E-state index contributed by atoms with van der Waals surface area (Å²) >= 11 is 0. The van der Waals surface area contributed by atoms with Gasteiger partial charge in [0.05, 0.1) is 0 Å². The van der Waals surface area contributed by atoms with Gasteiger partial charge in [-0.3, -0.25) is 0 Å². The van der Waals surface area contributed by atoms with Gasteiger partial charge in [-0.2, -0.15) is 0 Å². The summed E-state index contributed by atoms with van der Waals surface area (Å²) in [5.74, 6) is 0.739.